The van der Waals surface area contributed by atoms with Gasteiger partial charge in [0.1, 0.15) is 11.5 Å². The molecule has 0 bridgehead atoms. The number of aromatic nitrogens is 2. The molecular formula is C20H26N2O5. The van der Waals surface area contributed by atoms with Crippen LogP contribution in [0.25, 0.3) is 0 Å². The van der Waals surface area contributed by atoms with Crippen molar-refractivity contribution in [3.05, 3.63) is 43.0 Å². The average molecular weight is 374 g/mol. The van der Waals surface area contributed by atoms with Gasteiger partial charge in [0.15, 0.2) is 0 Å². The molecule has 0 saturated carbocycles. The van der Waals surface area contributed by atoms with E-state index in [9.17, 15) is 9.59 Å². The maximum Gasteiger partial charge on any atom is 0.311 e. The van der Waals surface area contributed by atoms with Crippen molar-refractivity contribution in [3.63, 3.8) is 0 Å². The second kappa shape index (κ2) is 11.7. The quantitative estimate of drug-likeness (QED) is 0.327. The summed E-state index contributed by atoms with van der Waals surface area (Å²) in [7, 11) is 0. The number of benzene rings is 1. The van der Waals surface area contributed by atoms with Gasteiger partial charge < -0.3 is 19.1 Å². The van der Waals surface area contributed by atoms with Crippen LogP contribution in [0.4, 0.5) is 0 Å². The van der Waals surface area contributed by atoms with E-state index in [0.717, 1.165) is 31.6 Å². The highest BCUT2D eigenvalue weighted by molar-refractivity contribution is 5.72. The number of carboxylic acid groups (broad SMARTS) is 1. The molecule has 0 radical (unpaired) electrons. The van der Waals surface area contributed by atoms with E-state index < -0.39 is 5.97 Å². The number of imidazole rings is 1. The summed E-state index contributed by atoms with van der Waals surface area (Å²) < 4.78 is 13.0. The van der Waals surface area contributed by atoms with Crippen LogP contribution in [0.1, 0.15) is 44.9 Å². The lowest BCUT2D eigenvalue weighted by molar-refractivity contribution is -0.138. The van der Waals surface area contributed by atoms with Crippen molar-refractivity contribution < 1.29 is 24.2 Å². The first-order valence-corrected chi connectivity index (χ1v) is 9.24. The van der Waals surface area contributed by atoms with Crippen LogP contribution in [0.2, 0.25) is 0 Å². The van der Waals surface area contributed by atoms with E-state index in [1.807, 2.05) is 12.5 Å². The number of hydrogen-bond acceptors (Lipinski definition) is 5. The van der Waals surface area contributed by atoms with Crippen LogP contribution in [-0.4, -0.2) is 33.2 Å². The number of esters is 1. The highest BCUT2D eigenvalue weighted by Gasteiger charge is 2.06. The molecule has 1 heterocycles. The SMILES string of the molecule is O=C(O)CCCCC(=O)Oc1ccc(OCCCCCn2ccnc2)cc1. The van der Waals surface area contributed by atoms with Gasteiger partial charge in [-0.2, -0.15) is 0 Å². The number of rotatable bonds is 13. The van der Waals surface area contributed by atoms with E-state index in [1.54, 1.807) is 30.5 Å². The van der Waals surface area contributed by atoms with Gasteiger partial charge >= 0.3 is 11.9 Å². The van der Waals surface area contributed by atoms with Crippen LogP contribution < -0.4 is 9.47 Å². The van der Waals surface area contributed by atoms with Gasteiger partial charge in [0.25, 0.3) is 0 Å². The van der Waals surface area contributed by atoms with Gasteiger partial charge in [-0.1, -0.05) is 0 Å². The van der Waals surface area contributed by atoms with Crippen LogP contribution in [-0.2, 0) is 16.1 Å². The molecule has 0 aliphatic carbocycles. The van der Waals surface area contributed by atoms with Crippen molar-refractivity contribution in [1.82, 2.24) is 9.55 Å². The number of unbranched alkanes of at least 4 members (excludes halogenated alkanes) is 3. The van der Waals surface area contributed by atoms with Crippen molar-refractivity contribution in [2.75, 3.05) is 6.61 Å². The van der Waals surface area contributed by atoms with E-state index in [4.69, 9.17) is 14.6 Å². The number of hydrogen-bond donors (Lipinski definition) is 1. The minimum absolute atomic E-state index is 0.0723. The highest BCUT2D eigenvalue weighted by atomic mass is 16.5. The second-order valence-corrected chi connectivity index (χ2v) is 6.26. The van der Waals surface area contributed by atoms with Crippen molar-refractivity contribution >= 4 is 11.9 Å². The van der Waals surface area contributed by atoms with Crippen molar-refractivity contribution in [2.45, 2.75) is 51.5 Å². The monoisotopic (exact) mass is 374 g/mol. The molecule has 1 aromatic carbocycles. The lowest BCUT2D eigenvalue weighted by atomic mass is 10.2. The van der Waals surface area contributed by atoms with E-state index in [1.165, 1.54) is 0 Å². The molecule has 0 fully saturated rings. The number of ether oxygens (including phenoxy) is 2. The first-order valence-electron chi connectivity index (χ1n) is 9.24. The Labute approximate surface area is 158 Å². The zero-order valence-corrected chi connectivity index (χ0v) is 15.4. The highest BCUT2D eigenvalue weighted by Crippen LogP contribution is 2.18. The van der Waals surface area contributed by atoms with Gasteiger partial charge in [0, 0.05) is 31.8 Å². The minimum atomic E-state index is -0.850. The fourth-order valence-electron chi connectivity index (χ4n) is 2.51. The molecule has 0 aliphatic rings. The third-order valence-corrected chi connectivity index (χ3v) is 3.97. The summed E-state index contributed by atoms with van der Waals surface area (Å²) in [6.07, 6.45) is 9.96. The fraction of sp³-hybridized carbons (Fsp3) is 0.450. The molecule has 0 saturated heterocycles. The van der Waals surface area contributed by atoms with Gasteiger partial charge in [-0.3, -0.25) is 9.59 Å². The minimum Gasteiger partial charge on any atom is -0.494 e. The van der Waals surface area contributed by atoms with Gasteiger partial charge in [-0.05, 0) is 56.4 Å². The lowest BCUT2D eigenvalue weighted by Gasteiger charge is -2.08. The molecular weight excluding hydrogens is 348 g/mol. The first kappa shape index (κ1) is 20.5. The first-order chi connectivity index (χ1) is 13.1. The van der Waals surface area contributed by atoms with Crippen LogP contribution >= 0.6 is 0 Å². The summed E-state index contributed by atoms with van der Waals surface area (Å²) in [5.74, 6) is 0.000823. The lowest BCUT2D eigenvalue weighted by Crippen LogP contribution is -2.08. The van der Waals surface area contributed by atoms with Crippen LogP contribution in [0.3, 0.4) is 0 Å². The molecule has 2 rings (SSSR count). The molecule has 27 heavy (non-hydrogen) atoms. The Balaban J connectivity index is 1.56. The van der Waals surface area contributed by atoms with E-state index in [0.29, 0.717) is 25.2 Å². The number of aryl methyl sites for hydroxylation is 1. The Kier molecular flexibility index (Phi) is 8.89. The molecule has 0 spiro atoms. The molecule has 7 heteroatoms. The predicted molar refractivity (Wildman–Crippen MR) is 99.8 cm³/mol. The summed E-state index contributed by atoms with van der Waals surface area (Å²) in [6.45, 7) is 1.61. The largest absolute Gasteiger partial charge is 0.494 e. The van der Waals surface area contributed by atoms with Crippen LogP contribution in [0, 0.1) is 0 Å². The van der Waals surface area contributed by atoms with E-state index >= 15 is 0 Å². The molecule has 0 aliphatic heterocycles. The van der Waals surface area contributed by atoms with Gasteiger partial charge in [0.2, 0.25) is 0 Å². The Bertz CT molecular complexity index is 683. The standard InChI is InChI=1S/C20H26N2O5/c23-19(24)6-2-3-7-20(25)27-18-10-8-17(9-11-18)26-15-5-1-4-13-22-14-12-21-16-22/h8-12,14,16H,1-7,13,15H2,(H,23,24). The third-order valence-electron chi connectivity index (χ3n) is 3.97. The van der Waals surface area contributed by atoms with Crippen molar-refractivity contribution in [3.8, 4) is 11.5 Å². The summed E-state index contributed by atoms with van der Waals surface area (Å²) in [6, 6.07) is 6.95. The molecule has 146 valence electrons. The van der Waals surface area contributed by atoms with Crippen LogP contribution in [0.5, 0.6) is 11.5 Å². The normalized spacial score (nSPS) is 10.5. The predicted octanol–water partition coefficient (Wildman–Crippen LogP) is 3.68. The number of aliphatic carboxylic acids is 1. The van der Waals surface area contributed by atoms with Crippen LogP contribution in [0.15, 0.2) is 43.0 Å². The smallest absolute Gasteiger partial charge is 0.311 e. The van der Waals surface area contributed by atoms with E-state index in [2.05, 4.69) is 9.55 Å². The Morgan fingerprint density at radius 2 is 1.70 bits per heavy atom. The molecule has 0 amide bonds. The number of carbonyl (C=O) groups excluding carboxylic acids is 1. The maximum absolute atomic E-state index is 11.7. The molecule has 1 aromatic heterocycles. The Morgan fingerprint density at radius 1 is 0.963 bits per heavy atom. The number of carbonyl (C=O) groups is 2. The summed E-state index contributed by atoms with van der Waals surface area (Å²) in [4.78, 5) is 26.1. The molecule has 1 N–H and O–H groups in total. The van der Waals surface area contributed by atoms with Gasteiger partial charge in [0.05, 0.1) is 12.9 Å². The number of nitrogens with zero attached hydrogens (tertiary/aromatic N) is 2. The Morgan fingerprint density at radius 3 is 2.41 bits per heavy atom. The topological polar surface area (TPSA) is 90.6 Å². The fourth-order valence-corrected chi connectivity index (χ4v) is 2.51. The number of carboxylic acids is 1. The molecule has 0 unspecified atom stereocenters. The second-order valence-electron chi connectivity index (χ2n) is 6.26. The molecule has 2 aromatic rings. The molecule has 7 nitrogen and oxygen atoms in total. The van der Waals surface area contributed by atoms with Crippen molar-refractivity contribution in [1.29, 1.82) is 0 Å². The van der Waals surface area contributed by atoms with Crippen molar-refractivity contribution in [2.24, 2.45) is 0 Å². The van der Waals surface area contributed by atoms with Gasteiger partial charge in [-0.15, -0.1) is 0 Å². The Hall–Kier alpha value is -2.83. The summed E-state index contributed by atoms with van der Waals surface area (Å²) in [5.41, 5.74) is 0. The zero-order valence-electron chi connectivity index (χ0n) is 15.4. The van der Waals surface area contributed by atoms with E-state index in [-0.39, 0.29) is 18.8 Å². The third kappa shape index (κ3) is 8.89. The molecule has 0 atom stereocenters. The summed E-state index contributed by atoms with van der Waals surface area (Å²) in [5, 5.41) is 8.55. The summed E-state index contributed by atoms with van der Waals surface area (Å²) >= 11 is 0. The average Bonchev–Trinajstić information content (AvgIpc) is 3.16. The van der Waals surface area contributed by atoms with Gasteiger partial charge in [-0.25, -0.2) is 4.98 Å². The zero-order chi connectivity index (χ0) is 19.3. The maximum atomic E-state index is 11.7.